The lowest BCUT2D eigenvalue weighted by molar-refractivity contribution is -0.121. The van der Waals surface area contributed by atoms with Gasteiger partial charge in [-0.15, -0.1) is 0 Å². The summed E-state index contributed by atoms with van der Waals surface area (Å²) in [7, 11) is -2.56. The molecule has 1 aliphatic rings. The molecule has 134 valence electrons. The minimum Gasteiger partial charge on any atom is -0.497 e. The molecule has 0 saturated heterocycles. The largest absolute Gasteiger partial charge is 0.497 e. The second-order valence-electron chi connectivity index (χ2n) is 6.04. The highest BCUT2D eigenvalue weighted by atomic mass is 79.9. The van der Waals surface area contributed by atoms with Gasteiger partial charge in [-0.25, -0.2) is 13.1 Å². The molecular formula is C18H15BrN2O4S. The number of ether oxygens (including phenoxy) is 1. The lowest BCUT2D eigenvalue weighted by atomic mass is 9.95. The van der Waals surface area contributed by atoms with Crippen LogP contribution in [0.4, 0.5) is 0 Å². The number of rotatable bonds is 5. The van der Waals surface area contributed by atoms with E-state index in [9.17, 15) is 13.2 Å². The van der Waals surface area contributed by atoms with Crippen molar-refractivity contribution in [3.63, 3.8) is 0 Å². The molecular weight excluding hydrogens is 420 g/mol. The standard InChI is InChI=1S/C18H15BrN2O4S/c1-25-15-4-2-3-13(9-15)18(5-6-18)17(22)21-26(23,24)16-8-12(11-20)7-14(19)10-16/h2-4,7-10H,5-6H2,1H3,(H,21,22). The summed E-state index contributed by atoms with van der Waals surface area (Å²) in [5, 5.41) is 9.01. The maximum atomic E-state index is 12.7. The number of amides is 1. The number of methoxy groups -OCH3 is 1. The molecule has 26 heavy (non-hydrogen) atoms. The van der Waals surface area contributed by atoms with Crippen LogP contribution in [0, 0.1) is 11.3 Å². The lowest BCUT2D eigenvalue weighted by Gasteiger charge is -2.17. The summed E-state index contributed by atoms with van der Waals surface area (Å²) >= 11 is 3.17. The van der Waals surface area contributed by atoms with Gasteiger partial charge in [0.2, 0.25) is 5.91 Å². The van der Waals surface area contributed by atoms with E-state index in [2.05, 4.69) is 20.7 Å². The van der Waals surface area contributed by atoms with E-state index >= 15 is 0 Å². The zero-order valence-electron chi connectivity index (χ0n) is 13.8. The van der Waals surface area contributed by atoms with Gasteiger partial charge in [-0.2, -0.15) is 5.26 Å². The average molecular weight is 435 g/mol. The first-order valence-corrected chi connectivity index (χ1v) is 10.0. The van der Waals surface area contributed by atoms with Gasteiger partial charge in [-0.3, -0.25) is 4.79 Å². The van der Waals surface area contributed by atoms with Crippen molar-refractivity contribution in [2.24, 2.45) is 0 Å². The van der Waals surface area contributed by atoms with Crippen LogP contribution in [-0.2, 0) is 20.2 Å². The summed E-state index contributed by atoms with van der Waals surface area (Å²) in [4.78, 5) is 12.6. The van der Waals surface area contributed by atoms with Gasteiger partial charge in [-0.1, -0.05) is 28.1 Å². The quantitative estimate of drug-likeness (QED) is 0.779. The highest BCUT2D eigenvalue weighted by Crippen LogP contribution is 2.49. The number of sulfonamides is 1. The van der Waals surface area contributed by atoms with Crippen LogP contribution in [0.5, 0.6) is 5.75 Å². The number of hydrogen-bond donors (Lipinski definition) is 1. The molecule has 1 amide bonds. The topological polar surface area (TPSA) is 96.3 Å². The summed E-state index contributed by atoms with van der Waals surface area (Å²) < 4.78 is 33.0. The van der Waals surface area contributed by atoms with E-state index in [1.807, 2.05) is 6.07 Å². The summed E-state index contributed by atoms with van der Waals surface area (Å²) in [5.41, 5.74) is 0.0312. The molecule has 2 aromatic rings. The third-order valence-corrected chi connectivity index (χ3v) is 6.11. The van der Waals surface area contributed by atoms with Crippen molar-refractivity contribution in [3.05, 3.63) is 58.1 Å². The van der Waals surface area contributed by atoms with Crippen molar-refractivity contribution < 1.29 is 17.9 Å². The predicted molar refractivity (Wildman–Crippen MR) is 98.1 cm³/mol. The van der Waals surface area contributed by atoms with Crippen LogP contribution in [-0.4, -0.2) is 21.4 Å². The van der Waals surface area contributed by atoms with Crippen LogP contribution in [0.1, 0.15) is 24.0 Å². The molecule has 1 aliphatic carbocycles. The Morgan fingerprint density at radius 3 is 2.62 bits per heavy atom. The fourth-order valence-corrected chi connectivity index (χ4v) is 4.52. The van der Waals surface area contributed by atoms with Crippen molar-refractivity contribution in [1.29, 1.82) is 5.26 Å². The molecule has 0 unspecified atom stereocenters. The van der Waals surface area contributed by atoms with Crippen LogP contribution in [0.15, 0.2) is 51.8 Å². The molecule has 0 bridgehead atoms. The van der Waals surface area contributed by atoms with E-state index in [1.165, 1.54) is 25.3 Å². The maximum Gasteiger partial charge on any atom is 0.264 e. The van der Waals surface area contributed by atoms with E-state index in [-0.39, 0.29) is 10.5 Å². The monoisotopic (exact) mass is 434 g/mol. The van der Waals surface area contributed by atoms with Gasteiger partial charge in [0, 0.05) is 4.47 Å². The van der Waals surface area contributed by atoms with Gasteiger partial charge in [0.1, 0.15) is 5.75 Å². The average Bonchev–Trinajstić information content (AvgIpc) is 3.43. The molecule has 1 N–H and O–H groups in total. The van der Waals surface area contributed by atoms with E-state index in [0.29, 0.717) is 23.1 Å². The van der Waals surface area contributed by atoms with Crippen molar-refractivity contribution in [1.82, 2.24) is 4.72 Å². The molecule has 6 nitrogen and oxygen atoms in total. The zero-order valence-corrected chi connectivity index (χ0v) is 16.2. The van der Waals surface area contributed by atoms with Crippen molar-refractivity contribution in [2.45, 2.75) is 23.2 Å². The van der Waals surface area contributed by atoms with Gasteiger partial charge in [0.15, 0.2) is 0 Å². The van der Waals surface area contributed by atoms with Crippen LogP contribution in [0.2, 0.25) is 0 Å². The summed E-state index contributed by atoms with van der Waals surface area (Å²) in [6.45, 7) is 0. The number of nitrogens with zero attached hydrogens (tertiary/aromatic N) is 1. The smallest absolute Gasteiger partial charge is 0.264 e. The van der Waals surface area contributed by atoms with Gasteiger partial charge >= 0.3 is 0 Å². The third kappa shape index (κ3) is 3.45. The van der Waals surface area contributed by atoms with Gasteiger partial charge in [0.25, 0.3) is 10.0 Å². The zero-order chi connectivity index (χ0) is 18.9. The highest BCUT2D eigenvalue weighted by Gasteiger charge is 2.52. The predicted octanol–water partition coefficient (Wildman–Crippen LogP) is 2.87. The first kappa shape index (κ1) is 18.4. The van der Waals surface area contributed by atoms with Crippen LogP contribution < -0.4 is 9.46 Å². The van der Waals surface area contributed by atoms with Gasteiger partial charge in [-0.05, 0) is 48.7 Å². The Morgan fingerprint density at radius 2 is 2.00 bits per heavy atom. The summed E-state index contributed by atoms with van der Waals surface area (Å²) in [6, 6.07) is 13.0. The van der Waals surface area contributed by atoms with E-state index in [1.54, 1.807) is 24.3 Å². The number of hydrogen-bond acceptors (Lipinski definition) is 5. The number of benzene rings is 2. The molecule has 1 saturated carbocycles. The second kappa shape index (κ2) is 6.74. The van der Waals surface area contributed by atoms with Gasteiger partial charge in [0.05, 0.1) is 29.1 Å². The number of nitriles is 1. The number of carbonyl (C=O) groups is 1. The second-order valence-corrected chi connectivity index (χ2v) is 8.63. The summed E-state index contributed by atoms with van der Waals surface area (Å²) in [6.07, 6.45) is 1.12. The van der Waals surface area contributed by atoms with E-state index in [4.69, 9.17) is 10.00 Å². The molecule has 0 radical (unpaired) electrons. The minimum absolute atomic E-state index is 0.141. The SMILES string of the molecule is COc1cccc(C2(C(=O)NS(=O)(=O)c3cc(Br)cc(C#N)c3)CC2)c1. The van der Waals surface area contributed by atoms with Gasteiger partial charge < -0.3 is 4.74 Å². The van der Waals surface area contributed by atoms with Crippen molar-refractivity contribution in [2.75, 3.05) is 7.11 Å². The lowest BCUT2D eigenvalue weighted by Crippen LogP contribution is -2.38. The molecule has 0 atom stereocenters. The highest BCUT2D eigenvalue weighted by molar-refractivity contribution is 9.10. The first-order valence-electron chi connectivity index (χ1n) is 7.73. The third-order valence-electron chi connectivity index (χ3n) is 4.34. The summed E-state index contributed by atoms with van der Waals surface area (Å²) in [5.74, 6) is 0.0271. The number of halogens is 1. The normalized spacial score (nSPS) is 15.0. The van der Waals surface area contributed by atoms with Crippen LogP contribution >= 0.6 is 15.9 Å². The van der Waals surface area contributed by atoms with Crippen molar-refractivity contribution >= 4 is 31.9 Å². The van der Waals surface area contributed by atoms with Crippen LogP contribution in [0.25, 0.3) is 0 Å². The van der Waals surface area contributed by atoms with Crippen LogP contribution in [0.3, 0.4) is 0 Å². The Labute approximate surface area is 160 Å². The molecule has 3 rings (SSSR count). The Morgan fingerprint density at radius 1 is 1.27 bits per heavy atom. The molecule has 1 fully saturated rings. The van der Waals surface area contributed by atoms with Crippen molar-refractivity contribution in [3.8, 4) is 11.8 Å². The minimum atomic E-state index is -4.09. The van der Waals surface area contributed by atoms with E-state index < -0.39 is 21.3 Å². The number of nitrogens with one attached hydrogen (secondary N) is 1. The molecule has 2 aromatic carbocycles. The first-order chi connectivity index (χ1) is 12.3. The fourth-order valence-electron chi connectivity index (χ4n) is 2.75. The molecule has 0 aromatic heterocycles. The molecule has 0 spiro atoms. The Balaban J connectivity index is 1.89. The molecule has 8 heteroatoms. The maximum absolute atomic E-state index is 12.7. The molecule has 0 heterocycles. The fraction of sp³-hybridized carbons (Fsp3) is 0.222. The Bertz CT molecular complexity index is 1020. The molecule has 0 aliphatic heterocycles. The Hall–Kier alpha value is -2.37. The number of carbonyl (C=O) groups excluding carboxylic acids is 1. The van der Waals surface area contributed by atoms with E-state index in [0.717, 1.165) is 5.56 Å². The Kier molecular flexibility index (Phi) is 4.78.